The van der Waals surface area contributed by atoms with Gasteiger partial charge in [0.2, 0.25) is 10.0 Å². The van der Waals surface area contributed by atoms with Gasteiger partial charge in [-0.25, -0.2) is 18.4 Å². The molecule has 9 heteroatoms. The number of aliphatic hydroxyl groups is 1. The summed E-state index contributed by atoms with van der Waals surface area (Å²) in [6, 6.07) is 8.46. The average molecular weight is 347 g/mol. The first-order valence-corrected chi connectivity index (χ1v) is 8.54. The summed E-state index contributed by atoms with van der Waals surface area (Å²) in [5.41, 5.74) is 0.659. The van der Waals surface area contributed by atoms with Crippen LogP contribution in [-0.2, 0) is 16.6 Å². The third-order valence-corrected chi connectivity index (χ3v) is 5.28. The molecule has 1 aromatic carbocycles. The zero-order valence-electron chi connectivity index (χ0n) is 13.0. The number of benzene rings is 1. The molecule has 0 atom stereocenters. The van der Waals surface area contributed by atoms with Crippen molar-refractivity contribution in [1.29, 1.82) is 5.26 Å². The van der Waals surface area contributed by atoms with Crippen molar-refractivity contribution < 1.29 is 13.5 Å². The zero-order valence-corrected chi connectivity index (χ0v) is 13.9. The molecule has 0 bridgehead atoms. The van der Waals surface area contributed by atoms with Crippen LogP contribution in [0.15, 0.2) is 41.6 Å². The molecule has 24 heavy (non-hydrogen) atoms. The highest BCUT2D eigenvalue weighted by Crippen LogP contribution is 2.20. The van der Waals surface area contributed by atoms with E-state index in [1.165, 1.54) is 25.5 Å². The largest absolute Gasteiger partial charge is 0.395 e. The van der Waals surface area contributed by atoms with Crippen molar-refractivity contribution in [3.05, 3.63) is 47.9 Å². The van der Waals surface area contributed by atoms with E-state index in [2.05, 4.69) is 15.3 Å². The minimum atomic E-state index is -3.72. The summed E-state index contributed by atoms with van der Waals surface area (Å²) in [5.74, 6) is 0.288. The quantitative estimate of drug-likeness (QED) is 0.751. The maximum Gasteiger partial charge on any atom is 0.243 e. The number of nitrogens with zero attached hydrogens (tertiary/aromatic N) is 4. The Hall–Kier alpha value is -2.54. The monoisotopic (exact) mass is 347 g/mol. The van der Waals surface area contributed by atoms with Gasteiger partial charge in [0.15, 0.2) is 11.5 Å². The second-order valence-corrected chi connectivity index (χ2v) is 6.89. The van der Waals surface area contributed by atoms with E-state index in [0.29, 0.717) is 5.56 Å². The predicted molar refractivity (Wildman–Crippen MR) is 87.4 cm³/mol. The summed E-state index contributed by atoms with van der Waals surface area (Å²) in [4.78, 5) is 8.06. The minimum absolute atomic E-state index is 0.00678. The van der Waals surface area contributed by atoms with Crippen molar-refractivity contribution in [2.45, 2.75) is 11.4 Å². The number of nitriles is 1. The van der Waals surface area contributed by atoms with E-state index < -0.39 is 10.0 Å². The molecule has 0 fully saturated rings. The van der Waals surface area contributed by atoms with E-state index >= 15 is 0 Å². The number of anilines is 1. The van der Waals surface area contributed by atoms with Gasteiger partial charge in [-0.2, -0.15) is 9.57 Å². The third-order valence-electron chi connectivity index (χ3n) is 3.33. The number of sulfonamides is 1. The molecular formula is C15H17N5O3S. The van der Waals surface area contributed by atoms with Crippen molar-refractivity contribution in [3.8, 4) is 6.07 Å². The molecule has 126 valence electrons. The molecule has 2 rings (SSSR count). The Bertz CT molecular complexity index is 848. The van der Waals surface area contributed by atoms with Crippen LogP contribution in [-0.4, -0.2) is 48.0 Å². The Kier molecular flexibility index (Phi) is 5.81. The van der Waals surface area contributed by atoms with E-state index in [0.717, 1.165) is 4.31 Å². The SMILES string of the molecule is CN(CCO)S(=O)(=O)c1ccccc1CNc1nccnc1C#N. The van der Waals surface area contributed by atoms with E-state index in [1.54, 1.807) is 18.2 Å². The number of aliphatic hydroxyl groups excluding tert-OH is 1. The highest BCUT2D eigenvalue weighted by molar-refractivity contribution is 7.89. The number of rotatable bonds is 7. The number of likely N-dealkylation sites (N-methyl/N-ethyl adjacent to an activating group) is 1. The molecule has 2 N–H and O–H groups in total. The summed E-state index contributed by atoms with van der Waals surface area (Å²) in [7, 11) is -2.31. The van der Waals surface area contributed by atoms with E-state index in [9.17, 15) is 8.42 Å². The predicted octanol–water partition coefficient (Wildman–Crippen LogP) is 0.573. The Morgan fingerprint density at radius 1 is 1.29 bits per heavy atom. The highest BCUT2D eigenvalue weighted by atomic mass is 32.2. The second kappa shape index (κ2) is 7.83. The molecule has 0 aliphatic carbocycles. The van der Waals surface area contributed by atoms with Crippen LogP contribution in [0.5, 0.6) is 0 Å². The van der Waals surface area contributed by atoms with Gasteiger partial charge in [-0.3, -0.25) is 0 Å². The number of nitrogens with one attached hydrogen (secondary N) is 1. The van der Waals surface area contributed by atoms with Crippen LogP contribution in [0.25, 0.3) is 0 Å². The molecule has 2 aromatic rings. The number of hydrogen-bond acceptors (Lipinski definition) is 7. The molecule has 0 radical (unpaired) electrons. The molecule has 0 unspecified atom stereocenters. The molecule has 8 nitrogen and oxygen atoms in total. The standard InChI is InChI=1S/C15H17N5O3S/c1-20(8-9-21)24(22,23)14-5-3-2-4-12(14)11-19-15-13(10-16)17-6-7-18-15/h2-7,21H,8-9,11H2,1H3,(H,18,19). The van der Waals surface area contributed by atoms with Gasteiger partial charge in [-0.05, 0) is 11.6 Å². The third kappa shape index (κ3) is 3.86. The van der Waals surface area contributed by atoms with Crippen LogP contribution in [0.1, 0.15) is 11.3 Å². The molecule has 0 amide bonds. The molecule has 0 saturated carbocycles. The van der Waals surface area contributed by atoms with Gasteiger partial charge < -0.3 is 10.4 Å². The Morgan fingerprint density at radius 2 is 2.00 bits per heavy atom. The van der Waals surface area contributed by atoms with Crippen LogP contribution in [0.4, 0.5) is 5.82 Å². The fraction of sp³-hybridized carbons (Fsp3) is 0.267. The highest BCUT2D eigenvalue weighted by Gasteiger charge is 2.23. The van der Waals surface area contributed by atoms with Crippen molar-refractivity contribution >= 4 is 15.8 Å². The second-order valence-electron chi connectivity index (χ2n) is 4.88. The lowest BCUT2D eigenvalue weighted by molar-refractivity contribution is 0.266. The summed E-state index contributed by atoms with van der Waals surface area (Å²) in [6.07, 6.45) is 2.85. The Labute approximate surface area is 140 Å². The van der Waals surface area contributed by atoms with Crippen molar-refractivity contribution in [1.82, 2.24) is 14.3 Å². The van der Waals surface area contributed by atoms with Crippen LogP contribution in [0, 0.1) is 11.3 Å². The van der Waals surface area contributed by atoms with Crippen LogP contribution < -0.4 is 5.32 Å². The Balaban J connectivity index is 2.28. The Morgan fingerprint density at radius 3 is 2.71 bits per heavy atom. The van der Waals surface area contributed by atoms with Gasteiger partial charge in [0.05, 0.1) is 11.5 Å². The lowest BCUT2D eigenvalue weighted by Crippen LogP contribution is -2.30. The summed E-state index contributed by atoms with van der Waals surface area (Å²) < 4.78 is 26.3. The van der Waals surface area contributed by atoms with Crippen molar-refractivity contribution in [2.75, 3.05) is 25.5 Å². The summed E-state index contributed by atoms with van der Waals surface area (Å²) >= 11 is 0. The molecule has 1 heterocycles. The fourth-order valence-corrected chi connectivity index (χ4v) is 3.44. The zero-order chi connectivity index (χ0) is 17.6. The maximum atomic E-state index is 12.6. The van der Waals surface area contributed by atoms with E-state index in [1.807, 2.05) is 6.07 Å². The van der Waals surface area contributed by atoms with Gasteiger partial charge >= 0.3 is 0 Å². The number of aromatic nitrogens is 2. The first kappa shape index (κ1) is 17.8. The van der Waals surface area contributed by atoms with Crippen LogP contribution >= 0.6 is 0 Å². The molecule has 0 saturated heterocycles. The van der Waals surface area contributed by atoms with Crippen molar-refractivity contribution in [2.24, 2.45) is 0 Å². The molecule has 1 aromatic heterocycles. The normalized spacial score (nSPS) is 11.2. The molecular weight excluding hydrogens is 330 g/mol. The van der Waals surface area contributed by atoms with Crippen LogP contribution in [0.3, 0.4) is 0 Å². The average Bonchev–Trinajstić information content (AvgIpc) is 2.60. The van der Waals surface area contributed by atoms with Gasteiger partial charge in [0, 0.05) is 32.5 Å². The van der Waals surface area contributed by atoms with E-state index in [-0.39, 0.29) is 36.1 Å². The topological polar surface area (TPSA) is 119 Å². The van der Waals surface area contributed by atoms with E-state index in [4.69, 9.17) is 10.4 Å². The molecule has 0 aliphatic heterocycles. The summed E-state index contributed by atoms with van der Waals surface area (Å²) in [5, 5.41) is 20.9. The fourth-order valence-electron chi connectivity index (χ4n) is 2.06. The lowest BCUT2D eigenvalue weighted by atomic mass is 10.2. The first-order chi connectivity index (χ1) is 11.5. The van der Waals surface area contributed by atoms with Gasteiger partial charge in [-0.1, -0.05) is 18.2 Å². The van der Waals surface area contributed by atoms with Crippen LogP contribution in [0.2, 0.25) is 0 Å². The van der Waals surface area contributed by atoms with Gasteiger partial charge in [0.25, 0.3) is 0 Å². The first-order valence-electron chi connectivity index (χ1n) is 7.10. The van der Waals surface area contributed by atoms with Gasteiger partial charge in [0.1, 0.15) is 6.07 Å². The smallest absolute Gasteiger partial charge is 0.243 e. The minimum Gasteiger partial charge on any atom is -0.395 e. The maximum absolute atomic E-state index is 12.6. The van der Waals surface area contributed by atoms with Gasteiger partial charge in [-0.15, -0.1) is 0 Å². The lowest BCUT2D eigenvalue weighted by Gasteiger charge is -2.18. The summed E-state index contributed by atoms with van der Waals surface area (Å²) in [6.45, 7) is -0.0934. The molecule has 0 spiro atoms. The molecule has 0 aliphatic rings. The number of hydrogen-bond donors (Lipinski definition) is 2. The van der Waals surface area contributed by atoms with Crippen molar-refractivity contribution in [3.63, 3.8) is 0 Å².